The molecule has 0 saturated carbocycles. The highest BCUT2D eigenvalue weighted by atomic mass is 16.5. The summed E-state index contributed by atoms with van der Waals surface area (Å²) in [4.78, 5) is 12.8. The average Bonchev–Trinajstić information content (AvgIpc) is 2.78. The average molecular weight is 434 g/mol. The highest BCUT2D eigenvalue weighted by molar-refractivity contribution is 5.95. The molecule has 0 radical (unpaired) electrons. The number of hydrogen-bond donors (Lipinski definition) is 2. The van der Waals surface area contributed by atoms with Crippen molar-refractivity contribution in [1.82, 2.24) is 5.32 Å². The van der Waals surface area contributed by atoms with Crippen molar-refractivity contribution < 1.29 is 33.6 Å². The molecule has 1 amide bonds. The molecule has 2 aromatic rings. The van der Waals surface area contributed by atoms with E-state index in [0.29, 0.717) is 59.7 Å². The van der Waals surface area contributed by atoms with E-state index in [9.17, 15) is 9.90 Å². The van der Waals surface area contributed by atoms with Crippen LogP contribution >= 0.6 is 0 Å². The van der Waals surface area contributed by atoms with Crippen LogP contribution in [0.3, 0.4) is 0 Å². The number of carbonyl (C=O) groups excluding carboxylic acids is 1. The molecule has 0 aliphatic rings. The van der Waals surface area contributed by atoms with Crippen LogP contribution in [-0.2, 0) is 0 Å². The van der Waals surface area contributed by atoms with Gasteiger partial charge in [-0.05, 0) is 50.6 Å². The van der Waals surface area contributed by atoms with Gasteiger partial charge in [0.15, 0.2) is 23.0 Å². The normalized spacial score (nSPS) is 11.4. The van der Waals surface area contributed by atoms with E-state index in [2.05, 4.69) is 5.32 Å². The van der Waals surface area contributed by atoms with E-state index in [4.69, 9.17) is 23.7 Å². The molecular weight excluding hydrogens is 402 g/mol. The van der Waals surface area contributed by atoms with Crippen LogP contribution in [0.25, 0.3) is 0 Å². The SMILES string of the molecule is CCOc1cc(C(=O)NCC(O)c2ccc(OC)c(OC)c2)cc(OCC)c1OCC. The topological polar surface area (TPSA) is 95.5 Å². The summed E-state index contributed by atoms with van der Waals surface area (Å²) in [5, 5.41) is 13.3. The molecule has 0 aliphatic heterocycles. The quantitative estimate of drug-likeness (QED) is 0.530. The van der Waals surface area contributed by atoms with Crippen LogP contribution < -0.4 is 29.0 Å². The van der Waals surface area contributed by atoms with Crippen LogP contribution in [-0.4, -0.2) is 51.6 Å². The first-order valence-corrected chi connectivity index (χ1v) is 10.2. The van der Waals surface area contributed by atoms with Crippen molar-refractivity contribution in [2.24, 2.45) is 0 Å². The number of aliphatic hydroxyl groups is 1. The molecule has 0 heterocycles. The predicted octanol–water partition coefficient (Wildman–Crippen LogP) is 3.36. The number of amides is 1. The van der Waals surface area contributed by atoms with Gasteiger partial charge >= 0.3 is 0 Å². The first-order valence-electron chi connectivity index (χ1n) is 10.2. The number of hydrogen-bond acceptors (Lipinski definition) is 7. The number of aliphatic hydroxyl groups excluding tert-OH is 1. The van der Waals surface area contributed by atoms with Gasteiger partial charge in [-0.2, -0.15) is 0 Å². The highest BCUT2D eigenvalue weighted by Crippen LogP contribution is 2.39. The Morgan fingerprint density at radius 3 is 1.97 bits per heavy atom. The Balaban J connectivity index is 2.19. The smallest absolute Gasteiger partial charge is 0.251 e. The molecule has 8 heteroatoms. The molecular formula is C23H31NO7. The van der Waals surface area contributed by atoms with Crippen molar-refractivity contribution in [2.75, 3.05) is 40.6 Å². The largest absolute Gasteiger partial charge is 0.493 e. The summed E-state index contributed by atoms with van der Waals surface area (Å²) < 4.78 is 27.4. The fourth-order valence-corrected chi connectivity index (χ4v) is 2.99. The molecule has 1 unspecified atom stereocenters. The Labute approximate surface area is 183 Å². The van der Waals surface area contributed by atoms with E-state index < -0.39 is 6.10 Å². The van der Waals surface area contributed by atoms with E-state index in [0.717, 1.165) is 0 Å². The molecule has 0 bridgehead atoms. The van der Waals surface area contributed by atoms with E-state index in [1.807, 2.05) is 20.8 Å². The summed E-state index contributed by atoms with van der Waals surface area (Å²) in [6.07, 6.45) is -0.927. The van der Waals surface area contributed by atoms with Crippen LogP contribution in [0.1, 0.15) is 42.8 Å². The Hall–Kier alpha value is -3.13. The maximum absolute atomic E-state index is 12.8. The van der Waals surface area contributed by atoms with Gasteiger partial charge in [-0.1, -0.05) is 6.07 Å². The van der Waals surface area contributed by atoms with Crippen LogP contribution in [0.2, 0.25) is 0 Å². The van der Waals surface area contributed by atoms with E-state index in [1.54, 1.807) is 30.3 Å². The fourth-order valence-electron chi connectivity index (χ4n) is 2.99. The third kappa shape index (κ3) is 6.18. The number of rotatable bonds is 12. The number of benzene rings is 2. The van der Waals surface area contributed by atoms with Crippen molar-refractivity contribution in [3.63, 3.8) is 0 Å². The van der Waals surface area contributed by atoms with Gasteiger partial charge in [-0.3, -0.25) is 4.79 Å². The Kier molecular flexibility index (Phi) is 9.27. The molecule has 0 saturated heterocycles. The van der Waals surface area contributed by atoms with Crippen molar-refractivity contribution in [3.05, 3.63) is 41.5 Å². The standard InChI is InChI=1S/C23H31NO7/c1-6-29-20-12-16(13-21(30-7-2)22(20)31-8-3)23(26)24-14-17(25)15-9-10-18(27-4)19(11-15)28-5/h9-13,17,25H,6-8,14H2,1-5H3,(H,24,26). The molecule has 8 nitrogen and oxygen atoms in total. The zero-order chi connectivity index (χ0) is 22.8. The summed E-state index contributed by atoms with van der Waals surface area (Å²) in [7, 11) is 3.06. The molecule has 0 aromatic heterocycles. The zero-order valence-corrected chi connectivity index (χ0v) is 18.7. The van der Waals surface area contributed by atoms with E-state index >= 15 is 0 Å². The lowest BCUT2D eigenvalue weighted by Gasteiger charge is -2.18. The number of ether oxygens (including phenoxy) is 5. The van der Waals surface area contributed by atoms with Gasteiger partial charge in [0.2, 0.25) is 5.75 Å². The van der Waals surface area contributed by atoms with E-state index in [-0.39, 0.29) is 12.5 Å². The fraction of sp³-hybridized carbons (Fsp3) is 0.435. The summed E-state index contributed by atoms with van der Waals surface area (Å²) >= 11 is 0. The van der Waals surface area contributed by atoms with Crippen molar-refractivity contribution in [1.29, 1.82) is 0 Å². The van der Waals surface area contributed by atoms with Crippen molar-refractivity contribution in [2.45, 2.75) is 26.9 Å². The molecule has 0 aliphatic carbocycles. The van der Waals surface area contributed by atoms with Gasteiger partial charge < -0.3 is 34.1 Å². The van der Waals surface area contributed by atoms with Gasteiger partial charge in [-0.15, -0.1) is 0 Å². The molecule has 2 aromatic carbocycles. The minimum atomic E-state index is -0.927. The second-order valence-corrected chi connectivity index (χ2v) is 6.44. The van der Waals surface area contributed by atoms with Gasteiger partial charge in [0.05, 0.1) is 40.1 Å². The summed E-state index contributed by atoms with van der Waals surface area (Å²) in [6.45, 7) is 6.83. The van der Waals surface area contributed by atoms with Gasteiger partial charge in [0.25, 0.3) is 5.91 Å². The van der Waals surface area contributed by atoms with Gasteiger partial charge in [0.1, 0.15) is 0 Å². The first-order chi connectivity index (χ1) is 15.0. The molecule has 2 N–H and O–H groups in total. The number of nitrogens with one attached hydrogen (secondary N) is 1. The molecule has 1 atom stereocenters. The van der Waals surface area contributed by atoms with Crippen molar-refractivity contribution >= 4 is 5.91 Å². The Morgan fingerprint density at radius 1 is 0.871 bits per heavy atom. The first kappa shape index (κ1) is 24.1. The molecule has 2 rings (SSSR count). The predicted molar refractivity (Wildman–Crippen MR) is 117 cm³/mol. The molecule has 170 valence electrons. The Morgan fingerprint density at radius 2 is 1.45 bits per heavy atom. The summed E-state index contributed by atoms with van der Waals surface area (Å²) in [5.41, 5.74) is 0.935. The minimum absolute atomic E-state index is 0.00939. The minimum Gasteiger partial charge on any atom is -0.493 e. The van der Waals surface area contributed by atoms with E-state index in [1.165, 1.54) is 14.2 Å². The molecule has 0 spiro atoms. The van der Waals surface area contributed by atoms with Crippen LogP contribution in [0.4, 0.5) is 0 Å². The zero-order valence-electron chi connectivity index (χ0n) is 18.7. The summed E-state index contributed by atoms with van der Waals surface area (Å²) in [5.74, 6) is 2.02. The third-order valence-corrected chi connectivity index (χ3v) is 4.42. The van der Waals surface area contributed by atoms with Crippen molar-refractivity contribution in [3.8, 4) is 28.7 Å². The summed E-state index contributed by atoms with van der Waals surface area (Å²) in [6, 6.07) is 8.31. The van der Waals surface area contributed by atoms with Gasteiger partial charge in [-0.25, -0.2) is 0 Å². The van der Waals surface area contributed by atoms with Crippen LogP contribution in [0.5, 0.6) is 28.7 Å². The number of methoxy groups -OCH3 is 2. The Bertz CT molecular complexity index is 842. The third-order valence-electron chi connectivity index (χ3n) is 4.42. The molecule has 31 heavy (non-hydrogen) atoms. The maximum Gasteiger partial charge on any atom is 0.251 e. The van der Waals surface area contributed by atoms with Crippen LogP contribution in [0, 0.1) is 0 Å². The monoisotopic (exact) mass is 433 g/mol. The van der Waals surface area contributed by atoms with Crippen LogP contribution in [0.15, 0.2) is 30.3 Å². The molecule has 0 fully saturated rings. The maximum atomic E-state index is 12.8. The highest BCUT2D eigenvalue weighted by Gasteiger charge is 2.19. The van der Waals surface area contributed by atoms with Gasteiger partial charge in [0, 0.05) is 12.1 Å². The lowest BCUT2D eigenvalue weighted by Crippen LogP contribution is -2.28. The second-order valence-electron chi connectivity index (χ2n) is 6.44. The second kappa shape index (κ2) is 11.9. The number of carbonyl (C=O) groups is 1. The lowest BCUT2D eigenvalue weighted by atomic mass is 10.1. The lowest BCUT2D eigenvalue weighted by molar-refractivity contribution is 0.0915.